The number of fused-ring (bicyclic) bond motifs is 11. The second-order valence-corrected chi connectivity index (χ2v) is 9.70. The van der Waals surface area contributed by atoms with Gasteiger partial charge in [-0.05, 0) is 92.3 Å². The molecule has 2 N–H and O–H groups in total. The summed E-state index contributed by atoms with van der Waals surface area (Å²) in [5.41, 5.74) is 5.81. The highest BCUT2D eigenvalue weighted by Crippen LogP contribution is 2.63. The lowest BCUT2D eigenvalue weighted by molar-refractivity contribution is 0.436. The number of ether oxygens (including phenoxy) is 1. The average Bonchev–Trinajstić information content (AvgIpc) is 3.17. The van der Waals surface area contributed by atoms with Crippen molar-refractivity contribution in [3.63, 3.8) is 0 Å². The molecule has 3 nitrogen and oxygen atoms in total. The van der Waals surface area contributed by atoms with Gasteiger partial charge in [0.2, 0.25) is 0 Å². The molecule has 1 atom stereocenters. The van der Waals surface area contributed by atoms with Gasteiger partial charge in [-0.2, -0.15) is 0 Å². The number of phenols is 2. The van der Waals surface area contributed by atoms with Crippen LogP contribution < -0.4 is 4.74 Å². The van der Waals surface area contributed by atoms with Crippen molar-refractivity contribution in [3.05, 3.63) is 131 Å². The summed E-state index contributed by atoms with van der Waals surface area (Å²) in [6.45, 7) is 0. The third kappa shape index (κ3) is 2.37. The van der Waals surface area contributed by atoms with Crippen LogP contribution in [0.5, 0.6) is 23.0 Å². The van der Waals surface area contributed by atoms with Crippen LogP contribution in [0.2, 0.25) is 0 Å². The van der Waals surface area contributed by atoms with E-state index >= 15 is 0 Å². The normalized spacial score (nSPS) is 16.9. The van der Waals surface area contributed by atoms with E-state index in [0.29, 0.717) is 0 Å². The molecule has 0 saturated carbocycles. The zero-order chi connectivity index (χ0) is 24.0. The minimum Gasteiger partial charge on any atom is -0.508 e. The molecule has 1 aliphatic heterocycles. The molecule has 170 valence electrons. The van der Waals surface area contributed by atoms with Crippen molar-refractivity contribution in [2.45, 2.75) is 5.41 Å². The monoisotopic (exact) mass is 464 g/mol. The Kier molecular flexibility index (Phi) is 3.62. The van der Waals surface area contributed by atoms with Crippen LogP contribution in [0.1, 0.15) is 22.3 Å². The minimum atomic E-state index is -0.683. The smallest absolute Gasteiger partial charge is 0.132 e. The van der Waals surface area contributed by atoms with Gasteiger partial charge < -0.3 is 14.9 Å². The first-order valence-corrected chi connectivity index (χ1v) is 12.0. The maximum Gasteiger partial charge on any atom is 0.132 e. The fraction of sp³-hybridized carbons (Fsp3) is 0.0303. The molecule has 0 bridgehead atoms. The van der Waals surface area contributed by atoms with Crippen LogP contribution >= 0.6 is 0 Å². The number of hydrogen-bond donors (Lipinski definition) is 2. The van der Waals surface area contributed by atoms with E-state index < -0.39 is 5.41 Å². The standard InChI is InChI=1S/C33H20O3/c34-23-10-9-21-17-32-30(15-22(21)13-23)33(29-14-19-5-1-2-6-20(19)16-31(29)36-32)27-8-4-3-7-25(27)26-12-11-24(35)18-28(26)33/h1-18,34-35H. The molecule has 2 aliphatic rings. The number of rotatable bonds is 0. The average molecular weight is 465 g/mol. The highest BCUT2D eigenvalue weighted by molar-refractivity contribution is 5.95. The molecule has 3 heteroatoms. The van der Waals surface area contributed by atoms with E-state index in [-0.39, 0.29) is 11.5 Å². The second kappa shape index (κ2) is 6.67. The Bertz CT molecular complexity index is 1900. The number of phenolic OH excluding ortho intramolecular Hbond substituents is 2. The fourth-order valence-corrected chi connectivity index (χ4v) is 6.35. The number of benzene rings is 6. The zero-order valence-corrected chi connectivity index (χ0v) is 19.2. The van der Waals surface area contributed by atoms with Crippen LogP contribution in [0.4, 0.5) is 0 Å². The molecule has 0 saturated heterocycles. The SMILES string of the molecule is Oc1ccc2c(c1)C1(c3cc4ccccc4cc3Oc3cc4ccc(O)cc4cc31)c1ccccc1-2. The second-order valence-electron chi connectivity index (χ2n) is 9.70. The van der Waals surface area contributed by atoms with Crippen LogP contribution in [-0.4, -0.2) is 10.2 Å². The molecule has 0 amide bonds. The lowest BCUT2D eigenvalue weighted by Crippen LogP contribution is -2.32. The van der Waals surface area contributed by atoms with Gasteiger partial charge in [-0.1, -0.05) is 60.7 Å². The van der Waals surface area contributed by atoms with Gasteiger partial charge in [-0.15, -0.1) is 0 Å². The predicted molar refractivity (Wildman–Crippen MR) is 142 cm³/mol. The molecule has 1 heterocycles. The molecule has 8 rings (SSSR count). The van der Waals surface area contributed by atoms with Crippen LogP contribution in [-0.2, 0) is 5.41 Å². The van der Waals surface area contributed by atoms with Gasteiger partial charge in [0.05, 0.1) is 5.41 Å². The summed E-state index contributed by atoms with van der Waals surface area (Å²) < 4.78 is 6.65. The third-order valence-electron chi connectivity index (χ3n) is 7.83. The number of aromatic hydroxyl groups is 2. The van der Waals surface area contributed by atoms with Crippen molar-refractivity contribution in [3.8, 4) is 34.1 Å². The van der Waals surface area contributed by atoms with Crippen LogP contribution in [0.3, 0.4) is 0 Å². The van der Waals surface area contributed by atoms with E-state index in [1.807, 2.05) is 24.3 Å². The Morgan fingerprint density at radius 3 is 1.83 bits per heavy atom. The lowest BCUT2D eigenvalue weighted by Gasteiger charge is -2.40. The lowest BCUT2D eigenvalue weighted by atomic mass is 9.65. The Hall–Kier alpha value is -4.76. The zero-order valence-electron chi connectivity index (χ0n) is 19.2. The van der Waals surface area contributed by atoms with Gasteiger partial charge in [-0.25, -0.2) is 0 Å². The van der Waals surface area contributed by atoms with Crippen molar-refractivity contribution in [1.29, 1.82) is 0 Å². The fourth-order valence-electron chi connectivity index (χ4n) is 6.35. The van der Waals surface area contributed by atoms with Crippen LogP contribution in [0.25, 0.3) is 32.7 Å². The van der Waals surface area contributed by atoms with Gasteiger partial charge in [0.15, 0.2) is 0 Å². The first kappa shape index (κ1) is 19.5. The summed E-state index contributed by atoms with van der Waals surface area (Å²) in [5, 5.41) is 25.1. The van der Waals surface area contributed by atoms with Crippen molar-refractivity contribution in [2.24, 2.45) is 0 Å². The van der Waals surface area contributed by atoms with E-state index in [1.165, 1.54) is 0 Å². The van der Waals surface area contributed by atoms with Crippen molar-refractivity contribution >= 4 is 21.5 Å². The summed E-state index contributed by atoms with van der Waals surface area (Å²) in [6, 6.07) is 36.5. The highest BCUT2D eigenvalue weighted by Gasteiger charge is 2.51. The summed E-state index contributed by atoms with van der Waals surface area (Å²) >= 11 is 0. The third-order valence-corrected chi connectivity index (χ3v) is 7.83. The van der Waals surface area contributed by atoms with Crippen molar-refractivity contribution in [2.75, 3.05) is 0 Å². The minimum absolute atomic E-state index is 0.226. The van der Waals surface area contributed by atoms with Gasteiger partial charge in [0.25, 0.3) is 0 Å². The summed E-state index contributed by atoms with van der Waals surface area (Å²) in [5.74, 6) is 2.05. The topological polar surface area (TPSA) is 49.7 Å². The summed E-state index contributed by atoms with van der Waals surface area (Å²) in [7, 11) is 0. The molecular formula is C33H20O3. The van der Waals surface area contributed by atoms with Gasteiger partial charge in [0, 0.05) is 11.1 Å². The van der Waals surface area contributed by atoms with E-state index in [0.717, 1.165) is 66.4 Å². The number of hydrogen-bond acceptors (Lipinski definition) is 3. The Labute approximate surface area is 207 Å². The van der Waals surface area contributed by atoms with E-state index in [2.05, 4.69) is 66.7 Å². The van der Waals surface area contributed by atoms with E-state index in [9.17, 15) is 10.2 Å². The Morgan fingerprint density at radius 1 is 0.444 bits per heavy atom. The summed E-state index contributed by atoms with van der Waals surface area (Å²) in [4.78, 5) is 0. The van der Waals surface area contributed by atoms with Gasteiger partial charge in [-0.3, -0.25) is 0 Å². The first-order valence-electron chi connectivity index (χ1n) is 12.0. The van der Waals surface area contributed by atoms with Crippen LogP contribution in [0, 0.1) is 0 Å². The summed E-state index contributed by atoms with van der Waals surface area (Å²) in [6.07, 6.45) is 0. The first-order chi connectivity index (χ1) is 17.6. The molecule has 0 aromatic heterocycles. The quantitative estimate of drug-likeness (QED) is 0.240. The van der Waals surface area contributed by atoms with Crippen molar-refractivity contribution in [1.82, 2.24) is 0 Å². The van der Waals surface area contributed by atoms with E-state index in [4.69, 9.17) is 4.74 Å². The Balaban J connectivity index is 1.60. The van der Waals surface area contributed by atoms with Crippen molar-refractivity contribution < 1.29 is 14.9 Å². The molecule has 0 fully saturated rings. The highest BCUT2D eigenvalue weighted by atomic mass is 16.5. The predicted octanol–water partition coefficient (Wildman–Crippen LogP) is 7.87. The Morgan fingerprint density at radius 2 is 1.03 bits per heavy atom. The largest absolute Gasteiger partial charge is 0.508 e. The molecule has 1 aliphatic carbocycles. The van der Waals surface area contributed by atoms with Gasteiger partial charge >= 0.3 is 0 Å². The van der Waals surface area contributed by atoms with Crippen LogP contribution in [0.15, 0.2) is 109 Å². The molecule has 0 radical (unpaired) electrons. The van der Waals surface area contributed by atoms with E-state index in [1.54, 1.807) is 18.2 Å². The molecule has 1 unspecified atom stereocenters. The molecular weight excluding hydrogens is 444 g/mol. The molecule has 1 spiro atoms. The van der Waals surface area contributed by atoms with Gasteiger partial charge in [0.1, 0.15) is 23.0 Å². The molecule has 6 aromatic carbocycles. The maximum absolute atomic E-state index is 10.7. The maximum atomic E-state index is 10.7. The molecule has 36 heavy (non-hydrogen) atoms. The molecule has 6 aromatic rings.